The van der Waals surface area contributed by atoms with Crippen molar-refractivity contribution < 1.29 is 4.79 Å². The summed E-state index contributed by atoms with van der Waals surface area (Å²) in [6.45, 7) is 2.47. The summed E-state index contributed by atoms with van der Waals surface area (Å²) in [5, 5.41) is 8.07. The minimum Gasteiger partial charge on any atom is -0.314 e. The third kappa shape index (κ3) is 5.09. The highest BCUT2D eigenvalue weighted by Crippen LogP contribution is 2.27. The lowest BCUT2D eigenvalue weighted by atomic mass is 10.0. The van der Waals surface area contributed by atoms with Crippen LogP contribution in [0.5, 0.6) is 0 Å². The highest BCUT2D eigenvalue weighted by Gasteiger charge is 2.14. The van der Waals surface area contributed by atoms with E-state index in [2.05, 4.69) is 33.3 Å². The third-order valence-electron chi connectivity index (χ3n) is 5.77. The van der Waals surface area contributed by atoms with Crippen LogP contribution < -0.4 is 5.43 Å². The molecule has 0 atom stereocenters. The van der Waals surface area contributed by atoms with Gasteiger partial charge >= 0.3 is 0 Å². The molecule has 0 unspecified atom stereocenters. The smallest absolute Gasteiger partial charge is 0.250 e. The number of amides is 1. The molecular weight excluding hydrogens is 476 g/mol. The second-order valence-electron chi connectivity index (χ2n) is 8.11. The maximum atomic E-state index is 12.7. The monoisotopic (exact) mass is 498 g/mol. The average molecular weight is 499 g/mol. The van der Waals surface area contributed by atoms with Crippen molar-refractivity contribution in [1.29, 1.82) is 0 Å². The number of benzene rings is 4. The quantitative estimate of drug-likeness (QED) is 0.158. The summed E-state index contributed by atoms with van der Waals surface area (Å²) in [7, 11) is 0. The van der Waals surface area contributed by atoms with Gasteiger partial charge in [-0.1, -0.05) is 96.2 Å². The normalized spacial score (nSPS) is 11.8. The van der Waals surface area contributed by atoms with Crippen LogP contribution in [0.3, 0.4) is 0 Å². The van der Waals surface area contributed by atoms with Crippen molar-refractivity contribution >= 4 is 56.8 Å². The molecule has 4 aromatic carbocycles. The number of nitrogens with one attached hydrogen (secondary N) is 1. The van der Waals surface area contributed by atoms with E-state index in [4.69, 9.17) is 16.6 Å². The lowest BCUT2D eigenvalue weighted by molar-refractivity contribution is -0.118. The molecule has 174 valence electrons. The number of thioether (sulfide) groups is 1. The fourth-order valence-electron chi connectivity index (χ4n) is 4.02. The van der Waals surface area contributed by atoms with Crippen molar-refractivity contribution in [2.75, 3.05) is 5.75 Å². The first kappa shape index (κ1) is 23.1. The van der Waals surface area contributed by atoms with Crippen molar-refractivity contribution in [3.05, 3.63) is 107 Å². The van der Waals surface area contributed by atoms with Crippen molar-refractivity contribution in [1.82, 2.24) is 15.0 Å². The minimum atomic E-state index is -0.189. The molecular formula is C28H23ClN4OS. The number of nitrogens with zero attached hydrogens (tertiary/aromatic N) is 3. The van der Waals surface area contributed by atoms with Crippen LogP contribution in [-0.4, -0.2) is 26.9 Å². The van der Waals surface area contributed by atoms with Gasteiger partial charge in [0.1, 0.15) is 0 Å². The Kier molecular flexibility index (Phi) is 6.84. The lowest BCUT2D eigenvalue weighted by Gasteiger charge is -2.10. The van der Waals surface area contributed by atoms with Crippen LogP contribution in [0.2, 0.25) is 5.02 Å². The molecule has 0 aliphatic rings. The van der Waals surface area contributed by atoms with E-state index in [1.54, 1.807) is 0 Å². The van der Waals surface area contributed by atoms with Gasteiger partial charge in [0, 0.05) is 10.6 Å². The number of para-hydroxylation sites is 2. The summed E-state index contributed by atoms with van der Waals surface area (Å²) in [5.41, 5.74) is 7.33. The van der Waals surface area contributed by atoms with Crippen LogP contribution in [0, 0.1) is 0 Å². The SMILES string of the molecule is CC(=NNC(=O)CSc1nc2ccccc2n1Cc1ccccc1Cl)c1cccc2ccccc12. The number of halogens is 1. The fraction of sp³-hybridized carbons (Fsp3) is 0.107. The van der Waals surface area contributed by atoms with E-state index in [0.29, 0.717) is 11.6 Å². The van der Waals surface area contributed by atoms with Gasteiger partial charge in [-0.25, -0.2) is 10.4 Å². The zero-order valence-corrected chi connectivity index (χ0v) is 20.7. The van der Waals surface area contributed by atoms with E-state index in [0.717, 1.165) is 43.8 Å². The molecule has 0 bridgehead atoms. The van der Waals surface area contributed by atoms with Crippen LogP contribution >= 0.6 is 23.4 Å². The van der Waals surface area contributed by atoms with Crippen LogP contribution in [0.25, 0.3) is 21.8 Å². The van der Waals surface area contributed by atoms with Crippen molar-refractivity contribution in [2.45, 2.75) is 18.6 Å². The van der Waals surface area contributed by atoms with E-state index >= 15 is 0 Å². The Bertz CT molecular complexity index is 1550. The highest BCUT2D eigenvalue weighted by atomic mass is 35.5. The molecule has 5 nitrogen and oxygen atoms in total. The number of carbonyl (C=O) groups is 1. The van der Waals surface area contributed by atoms with Gasteiger partial charge in [-0.05, 0) is 41.5 Å². The van der Waals surface area contributed by atoms with Gasteiger partial charge in [-0.2, -0.15) is 5.10 Å². The van der Waals surface area contributed by atoms with Gasteiger partial charge in [0.2, 0.25) is 0 Å². The molecule has 5 rings (SSSR count). The zero-order chi connectivity index (χ0) is 24.2. The maximum absolute atomic E-state index is 12.7. The molecule has 0 aliphatic carbocycles. The lowest BCUT2D eigenvalue weighted by Crippen LogP contribution is -2.21. The van der Waals surface area contributed by atoms with E-state index in [-0.39, 0.29) is 11.7 Å². The number of hydrogen-bond donors (Lipinski definition) is 1. The molecule has 0 aliphatic heterocycles. The first-order chi connectivity index (χ1) is 17.1. The van der Waals surface area contributed by atoms with Gasteiger partial charge in [-0.3, -0.25) is 4.79 Å². The Labute approximate surface area is 212 Å². The highest BCUT2D eigenvalue weighted by molar-refractivity contribution is 7.99. The summed E-state index contributed by atoms with van der Waals surface area (Å²) in [6, 6.07) is 29.9. The Morgan fingerprint density at radius 3 is 2.60 bits per heavy atom. The van der Waals surface area contributed by atoms with Gasteiger partial charge in [0.15, 0.2) is 5.16 Å². The molecule has 1 N–H and O–H groups in total. The molecule has 0 spiro atoms. The Morgan fingerprint density at radius 2 is 1.71 bits per heavy atom. The summed E-state index contributed by atoms with van der Waals surface area (Å²) in [6.07, 6.45) is 0. The Balaban J connectivity index is 1.32. The van der Waals surface area contributed by atoms with Gasteiger partial charge in [0.25, 0.3) is 5.91 Å². The summed E-state index contributed by atoms with van der Waals surface area (Å²) < 4.78 is 2.10. The van der Waals surface area contributed by atoms with Gasteiger partial charge in [0.05, 0.1) is 29.0 Å². The number of imidazole rings is 1. The van der Waals surface area contributed by atoms with Crippen molar-refractivity contribution in [2.24, 2.45) is 5.10 Å². The topological polar surface area (TPSA) is 59.3 Å². The van der Waals surface area contributed by atoms with E-state index < -0.39 is 0 Å². The van der Waals surface area contributed by atoms with E-state index in [1.807, 2.05) is 79.7 Å². The number of fused-ring (bicyclic) bond motifs is 2. The Hall–Kier alpha value is -3.61. The zero-order valence-electron chi connectivity index (χ0n) is 19.1. The molecule has 7 heteroatoms. The molecule has 1 amide bonds. The Morgan fingerprint density at radius 1 is 0.971 bits per heavy atom. The van der Waals surface area contributed by atoms with Crippen molar-refractivity contribution in [3.63, 3.8) is 0 Å². The molecule has 0 saturated carbocycles. The van der Waals surface area contributed by atoms with Crippen LogP contribution in [0.1, 0.15) is 18.1 Å². The summed E-state index contributed by atoms with van der Waals surface area (Å²) >= 11 is 7.79. The predicted octanol–water partition coefficient (Wildman–Crippen LogP) is 6.52. The molecule has 5 aromatic rings. The molecule has 1 heterocycles. The summed E-state index contributed by atoms with van der Waals surface area (Å²) in [5.74, 6) is 0.00367. The van der Waals surface area contributed by atoms with Crippen LogP contribution in [0.15, 0.2) is 101 Å². The van der Waals surface area contributed by atoms with Crippen LogP contribution in [-0.2, 0) is 11.3 Å². The average Bonchev–Trinajstić information content (AvgIpc) is 3.24. The summed E-state index contributed by atoms with van der Waals surface area (Å²) in [4.78, 5) is 17.4. The van der Waals surface area contributed by atoms with Gasteiger partial charge in [-0.15, -0.1) is 0 Å². The van der Waals surface area contributed by atoms with E-state index in [1.165, 1.54) is 11.8 Å². The van der Waals surface area contributed by atoms with Crippen molar-refractivity contribution in [3.8, 4) is 0 Å². The number of aromatic nitrogens is 2. The number of rotatable bonds is 7. The predicted molar refractivity (Wildman–Crippen MR) is 145 cm³/mol. The first-order valence-electron chi connectivity index (χ1n) is 11.2. The van der Waals surface area contributed by atoms with Gasteiger partial charge < -0.3 is 4.57 Å². The number of carbonyl (C=O) groups excluding carboxylic acids is 1. The molecule has 35 heavy (non-hydrogen) atoms. The molecule has 0 fully saturated rings. The minimum absolute atomic E-state index is 0.189. The molecule has 0 saturated heterocycles. The number of hydrazone groups is 1. The van der Waals surface area contributed by atoms with E-state index in [9.17, 15) is 4.79 Å². The number of hydrogen-bond acceptors (Lipinski definition) is 4. The standard InChI is InChI=1S/C28H23ClN4OS/c1-19(22-13-8-11-20-9-2-4-12-23(20)22)31-32-27(34)18-35-28-30-25-15-6-7-16-26(25)33(28)17-21-10-3-5-14-24(21)29/h2-16H,17-18H2,1H3,(H,32,34). The maximum Gasteiger partial charge on any atom is 0.250 e. The third-order valence-corrected chi connectivity index (χ3v) is 7.11. The second-order valence-corrected chi connectivity index (χ2v) is 9.46. The van der Waals surface area contributed by atoms with Crippen LogP contribution in [0.4, 0.5) is 0 Å². The first-order valence-corrected chi connectivity index (χ1v) is 12.6. The largest absolute Gasteiger partial charge is 0.314 e. The molecule has 1 aromatic heterocycles. The second kappa shape index (κ2) is 10.3. The fourth-order valence-corrected chi connectivity index (χ4v) is 5.02. The molecule has 0 radical (unpaired) electrons.